The molecule has 0 radical (unpaired) electrons. The monoisotopic (exact) mass is 167 g/mol. The van der Waals surface area contributed by atoms with Gasteiger partial charge in [0.25, 0.3) is 0 Å². The van der Waals surface area contributed by atoms with Crippen LogP contribution in [0.5, 0.6) is 0 Å². The molecule has 0 rings (SSSR count). The Morgan fingerprint density at radius 2 is 2.08 bits per heavy atom. The number of nitrogens with zero attached hydrogens (tertiary/aromatic N) is 1. The van der Waals surface area contributed by atoms with Crippen LogP contribution in [0.25, 0.3) is 0 Å². The van der Waals surface area contributed by atoms with Gasteiger partial charge in [0.1, 0.15) is 11.6 Å². The van der Waals surface area contributed by atoms with Crippen LogP contribution in [0, 0.1) is 17.2 Å². The number of nitriles is 1. The van der Waals surface area contributed by atoms with E-state index in [1.54, 1.807) is 6.07 Å². The molecule has 0 heterocycles. The van der Waals surface area contributed by atoms with Gasteiger partial charge in [-0.25, -0.2) is 4.79 Å². The average Bonchev–Trinajstić information content (AvgIpc) is 2.06. The van der Waals surface area contributed by atoms with E-state index in [9.17, 15) is 4.79 Å². The number of carbonyl (C=O) groups is 1. The molecule has 12 heavy (non-hydrogen) atoms. The molecule has 0 spiro atoms. The molecular weight excluding hydrogens is 154 g/mol. The van der Waals surface area contributed by atoms with Crippen LogP contribution in [0.4, 0.5) is 0 Å². The molecule has 0 aromatic carbocycles. The summed E-state index contributed by atoms with van der Waals surface area (Å²) < 4.78 is 0. The van der Waals surface area contributed by atoms with E-state index in [0.717, 1.165) is 12.8 Å². The smallest absolute Gasteiger partial charge is 0.346 e. The van der Waals surface area contributed by atoms with Crippen LogP contribution < -0.4 is 0 Å². The van der Waals surface area contributed by atoms with E-state index >= 15 is 0 Å². The van der Waals surface area contributed by atoms with E-state index in [1.807, 2.05) is 13.8 Å². The first-order valence-corrected chi connectivity index (χ1v) is 4.00. The largest absolute Gasteiger partial charge is 0.477 e. The third-order valence-corrected chi connectivity index (χ3v) is 1.80. The van der Waals surface area contributed by atoms with Crippen molar-refractivity contribution in [3.63, 3.8) is 0 Å². The maximum Gasteiger partial charge on any atom is 0.346 e. The standard InChI is InChI=1S/C9H13NO2/c1-3-7(4-2)5-8(6-10)9(11)12/h5,7H,3-4H2,1-2H3,(H,11,12). The van der Waals surface area contributed by atoms with Gasteiger partial charge in [0.15, 0.2) is 0 Å². The van der Waals surface area contributed by atoms with Gasteiger partial charge in [0.2, 0.25) is 0 Å². The third kappa shape index (κ3) is 3.20. The first kappa shape index (κ1) is 10.7. The number of hydrogen-bond acceptors (Lipinski definition) is 2. The predicted molar refractivity (Wildman–Crippen MR) is 45.4 cm³/mol. The van der Waals surface area contributed by atoms with Gasteiger partial charge in [0.05, 0.1) is 0 Å². The molecule has 0 atom stereocenters. The maximum atomic E-state index is 10.4. The Morgan fingerprint density at radius 1 is 1.58 bits per heavy atom. The summed E-state index contributed by atoms with van der Waals surface area (Å²) in [4.78, 5) is 10.4. The Morgan fingerprint density at radius 3 is 2.33 bits per heavy atom. The van der Waals surface area contributed by atoms with Gasteiger partial charge >= 0.3 is 5.97 Å². The fourth-order valence-electron chi connectivity index (χ4n) is 0.916. The fraction of sp³-hybridized carbons (Fsp3) is 0.556. The molecule has 0 aromatic rings. The second-order valence-corrected chi connectivity index (χ2v) is 2.57. The van der Waals surface area contributed by atoms with Crippen LogP contribution in [0.1, 0.15) is 26.7 Å². The molecule has 1 N–H and O–H groups in total. The highest BCUT2D eigenvalue weighted by atomic mass is 16.4. The van der Waals surface area contributed by atoms with Crippen molar-refractivity contribution in [1.82, 2.24) is 0 Å². The lowest BCUT2D eigenvalue weighted by Gasteiger charge is -2.04. The Kier molecular flexibility index (Phi) is 4.78. The Labute approximate surface area is 72.3 Å². The van der Waals surface area contributed by atoms with Gasteiger partial charge in [0, 0.05) is 0 Å². The number of aliphatic carboxylic acids is 1. The van der Waals surface area contributed by atoms with Crippen molar-refractivity contribution in [3.05, 3.63) is 11.6 Å². The number of allylic oxidation sites excluding steroid dienone is 1. The molecule has 0 fully saturated rings. The molecule has 3 nitrogen and oxygen atoms in total. The normalized spacial score (nSPS) is 11.3. The lowest BCUT2D eigenvalue weighted by Crippen LogP contribution is -2.02. The minimum atomic E-state index is -1.13. The summed E-state index contributed by atoms with van der Waals surface area (Å²) in [7, 11) is 0. The molecule has 0 unspecified atom stereocenters. The van der Waals surface area contributed by atoms with Crippen molar-refractivity contribution in [2.45, 2.75) is 26.7 Å². The van der Waals surface area contributed by atoms with E-state index in [2.05, 4.69) is 0 Å². The molecule has 3 heteroatoms. The molecule has 0 aliphatic heterocycles. The SMILES string of the molecule is CCC(C=C(C#N)C(=O)O)CC. The minimum Gasteiger partial charge on any atom is -0.477 e. The van der Waals surface area contributed by atoms with Crippen molar-refractivity contribution < 1.29 is 9.90 Å². The highest BCUT2D eigenvalue weighted by Crippen LogP contribution is 2.11. The molecule has 66 valence electrons. The van der Waals surface area contributed by atoms with Crippen molar-refractivity contribution in [2.75, 3.05) is 0 Å². The molecule has 0 aromatic heterocycles. The molecule has 0 saturated heterocycles. The summed E-state index contributed by atoms with van der Waals surface area (Å²) in [6.07, 6.45) is 3.27. The van der Waals surface area contributed by atoms with Crippen molar-refractivity contribution >= 4 is 5.97 Å². The van der Waals surface area contributed by atoms with Gasteiger partial charge in [-0.1, -0.05) is 19.9 Å². The van der Waals surface area contributed by atoms with Crippen LogP contribution in [-0.4, -0.2) is 11.1 Å². The quantitative estimate of drug-likeness (QED) is 0.514. The first-order chi connectivity index (χ1) is 5.65. The zero-order valence-corrected chi connectivity index (χ0v) is 7.37. The molecule has 0 aliphatic carbocycles. The summed E-state index contributed by atoms with van der Waals surface area (Å²) in [5, 5.41) is 17.0. The summed E-state index contributed by atoms with van der Waals surface area (Å²) in [5.74, 6) is -0.930. The summed E-state index contributed by atoms with van der Waals surface area (Å²) in [6.45, 7) is 3.95. The minimum absolute atomic E-state index is 0.149. The van der Waals surface area contributed by atoms with E-state index in [0.29, 0.717) is 0 Å². The zero-order chi connectivity index (χ0) is 9.56. The number of carboxylic acids is 1. The van der Waals surface area contributed by atoms with E-state index in [-0.39, 0.29) is 11.5 Å². The Hall–Kier alpha value is -1.30. The van der Waals surface area contributed by atoms with Crippen molar-refractivity contribution in [1.29, 1.82) is 5.26 Å². The van der Waals surface area contributed by atoms with E-state index in [4.69, 9.17) is 10.4 Å². The van der Waals surface area contributed by atoms with Crippen LogP contribution in [0.3, 0.4) is 0 Å². The maximum absolute atomic E-state index is 10.4. The first-order valence-electron chi connectivity index (χ1n) is 4.00. The predicted octanol–water partition coefficient (Wildman–Crippen LogP) is 1.96. The van der Waals surface area contributed by atoms with Gasteiger partial charge < -0.3 is 5.11 Å². The second-order valence-electron chi connectivity index (χ2n) is 2.57. The van der Waals surface area contributed by atoms with Gasteiger partial charge in [-0.3, -0.25) is 0 Å². The highest BCUT2D eigenvalue weighted by molar-refractivity contribution is 5.90. The molecule has 0 bridgehead atoms. The zero-order valence-electron chi connectivity index (χ0n) is 7.37. The van der Waals surface area contributed by atoms with Crippen molar-refractivity contribution in [2.24, 2.45) is 5.92 Å². The summed E-state index contributed by atoms with van der Waals surface area (Å²) in [5.41, 5.74) is -0.149. The average molecular weight is 167 g/mol. The van der Waals surface area contributed by atoms with E-state index in [1.165, 1.54) is 6.08 Å². The number of rotatable bonds is 4. The van der Waals surface area contributed by atoms with Crippen LogP contribution in [0.2, 0.25) is 0 Å². The summed E-state index contributed by atoms with van der Waals surface area (Å²) >= 11 is 0. The number of carboxylic acid groups (broad SMARTS) is 1. The van der Waals surface area contributed by atoms with Crippen LogP contribution in [0.15, 0.2) is 11.6 Å². The topological polar surface area (TPSA) is 61.1 Å². The van der Waals surface area contributed by atoms with Crippen molar-refractivity contribution in [3.8, 4) is 6.07 Å². The Balaban J connectivity index is 4.48. The summed E-state index contributed by atoms with van der Waals surface area (Å²) in [6, 6.07) is 1.66. The van der Waals surface area contributed by atoms with E-state index < -0.39 is 5.97 Å². The second kappa shape index (κ2) is 5.36. The molecule has 0 saturated carbocycles. The molecular formula is C9H13NO2. The lowest BCUT2D eigenvalue weighted by molar-refractivity contribution is -0.132. The fourth-order valence-corrected chi connectivity index (χ4v) is 0.916. The third-order valence-electron chi connectivity index (χ3n) is 1.80. The van der Waals surface area contributed by atoms with Gasteiger partial charge in [-0.05, 0) is 18.8 Å². The Bertz CT molecular complexity index is 221. The van der Waals surface area contributed by atoms with Gasteiger partial charge in [-0.15, -0.1) is 0 Å². The molecule has 0 aliphatic rings. The lowest BCUT2D eigenvalue weighted by atomic mass is 10.0. The molecule has 0 amide bonds. The van der Waals surface area contributed by atoms with Crippen LogP contribution in [-0.2, 0) is 4.79 Å². The van der Waals surface area contributed by atoms with Crippen LogP contribution >= 0.6 is 0 Å². The van der Waals surface area contributed by atoms with Gasteiger partial charge in [-0.2, -0.15) is 5.26 Å². The number of hydrogen-bond donors (Lipinski definition) is 1. The highest BCUT2D eigenvalue weighted by Gasteiger charge is 2.08.